The Morgan fingerprint density at radius 2 is 0.727 bits per heavy atom. The average Bonchev–Trinajstić information content (AvgIpc) is 3.41. The van der Waals surface area contributed by atoms with Crippen molar-refractivity contribution in [3.8, 4) is 17.2 Å². The first-order valence-electron chi connectivity index (χ1n) is 26.0. The zero-order chi connectivity index (χ0) is 56.5. The molecule has 1 atom stereocenters. The van der Waals surface area contributed by atoms with Gasteiger partial charge in [-0.05, 0) is 98.0 Å². The molecule has 0 heterocycles. The van der Waals surface area contributed by atoms with Crippen LogP contribution >= 0.6 is 0 Å². The molecule has 0 saturated heterocycles. The second kappa shape index (κ2) is 35.3. The van der Waals surface area contributed by atoms with Gasteiger partial charge in [0.25, 0.3) is 17.7 Å². The number of methoxy groups -OCH3 is 3. The molecular formula is C56H81N7O14. The highest BCUT2D eigenvalue weighted by molar-refractivity contribution is 5.95. The Hall–Kier alpha value is -7.10. The molecule has 21 heteroatoms. The quantitative estimate of drug-likeness (QED) is 0.0401. The molecule has 0 aliphatic rings. The van der Waals surface area contributed by atoms with Crippen LogP contribution in [0.1, 0.15) is 110 Å². The summed E-state index contributed by atoms with van der Waals surface area (Å²) >= 11 is 0. The molecule has 1 unspecified atom stereocenters. The first-order valence-corrected chi connectivity index (χ1v) is 26.0. The number of Topliss-reactive ketones (excluding diaryl/α,β-unsaturated/α-hetero) is 1. The fourth-order valence-electron chi connectivity index (χ4n) is 7.24. The van der Waals surface area contributed by atoms with E-state index in [4.69, 9.17) is 28.4 Å². The lowest BCUT2D eigenvalue weighted by Crippen LogP contribution is -2.59. The van der Waals surface area contributed by atoms with Crippen molar-refractivity contribution in [3.63, 3.8) is 0 Å². The Bertz CT molecular complexity index is 2090. The number of rotatable bonds is 38. The van der Waals surface area contributed by atoms with Crippen molar-refractivity contribution < 1.29 is 66.8 Å². The van der Waals surface area contributed by atoms with E-state index in [-0.39, 0.29) is 119 Å². The third kappa shape index (κ3) is 26.5. The molecule has 0 fully saturated rings. The summed E-state index contributed by atoms with van der Waals surface area (Å²) in [5.41, 5.74) is -0.534. The van der Waals surface area contributed by atoms with Crippen LogP contribution in [0.3, 0.4) is 0 Å². The van der Waals surface area contributed by atoms with Gasteiger partial charge in [-0.25, -0.2) is 0 Å². The van der Waals surface area contributed by atoms with Crippen molar-refractivity contribution in [2.24, 2.45) is 11.3 Å². The number of carbonyl (C=O) groups is 8. The average molecular weight is 1080 g/mol. The molecule has 77 heavy (non-hydrogen) atoms. The summed E-state index contributed by atoms with van der Waals surface area (Å²) in [6.07, 6.45) is 1.47. The van der Waals surface area contributed by atoms with Crippen molar-refractivity contribution in [2.45, 2.75) is 84.6 Å². The molecule has 0 aliphatic heterocycles. The fraction of sp³-hybridized carbons (Fsp3) is 0.536. The lowest BCUT2D eigenvalue weighted by molar-refractivity contribution is -0.132. The zero-order valence-electron chi connectivity index (χ0n) is 45.9. The molecule has 21 nitrogen and oxygen atoms in total. The van der Waals surface area contributed by atoms with Crippen molar-refractivity contribution in [1.29, 1.82) is 0 Å². The van der Waals surface area contributed by atoms with Gasteiger partial charge in [-0.15, -0.1) is 0 Å². The third-order valence-electron chi connectivity index (χ3n) is 11.8. The monoisotopic (exact) mass is 1080 g/mol. The van der Waals surface area contributed by atoms with E-state index in [9.17, 15) is 38.4 Å². The molecule has 0 saturated carbocycles. The van der Waals surface area contributed by atoms with Gasteiger partial charge >= 0.3 is 0 Å². The molecule has 7 amide bonds. The molecule has 0 radical (unpaired) electrons. The number of ether oxygens (including phenoxy) is 6. The SMILES string of the molecule is COc1ccc(C(=O)NCCCNC(=O)CCOCC(COCCC(=O)NCCCNC(=O)c2ccc(OC)cc2)(COCCC(=O)NCCCNC(=O)c2ccc(OC)cc2)NC(=O)CC(C)CC(=O)C(C)(C)C)cc1. The zero-order valence-corrected chi connectivity index (χ0v) is 45.9. The van der Waals surface area contributed by atoms with Gasteiger partial charge in [0.05, 0.1) is 61.0 Å². The van der Waals surface area contributed by atoms with E-state index in [0.29, 0.717) is 92.5 Å². The number of carbonyl (C=O) groups excluding carboxylic acids is 8. The highest BCUT2D eigenvalue weighted by atomic mass is 16.5. The Kier molecular flexibility index (Phi) is 29.4. The molecule has 3 rings (SSSR count). The van der Waals surface area contributed by atoms with Crippen LogP contribution in [0.25, 0.3) is 0 Å². The molecule has 3 aromatic rings. The second-order valence-corrected chi connectivity index (χ2v) is 19.5. The van der Waals surface area contributed by atoms with Gasteiger partial charge < -0.3 is 65.6 Å². The molecule has 7 N–H and O–H groups in total. The summed E-state index contributed by atoms with van der Waals surface area (Å²) in [4.78, 5) is 103. The van der Waals surface area contributed by atoms with Gasteiger partial charge in [0.2, 0.25) is 23.6 Å². The Balaban J connectivity index is 1.59. The predicted octanol–water partition coefficient (Wildman–Crippen LogP) is 3.93. The molecule has 424 valence electrons. The first-order chi connectivity index (χ1) is 36.9. The summed E-state index contributed by atoms with van der Waals surface area (Å²) < 4.78 is 33.5. The van der Waals surface area contributed by atoms with E-state index in [1.54, 1.807) is 94.1 Å². The van der Waals surface area contributed by atoms with Crippen LogP contribution in [0, 0.1) is 11.3 Å². The number of hydrogen-bond donors (Lipinski definition) is 7. The number of nitrogens with one attached hydrogen (secondary N) is 7. The molecular weight excluding hydrogens is 995 g/mol. The largest absolute Gasteiger partial charge is 0.497 e. The smallest absolute Gasteiger partial charge is 0.251 e. The van der Waals surface area contributed by atoms with Crippen LogP contribution in [0.5, 0.6) is 17.2 Å². The van der Waals surface area contributed by atoms with Crippen LogP contribution < -0.4 is 51.4 Å². The number of hydrogen-bond acceptors (Lipinski definition) is 14. The maximum absolute atomic E-state index is 13.8. The minimum Gasteiger partial charge on any atom is -0.497 e. The highest BCUT2D eigenvalue weighted by Crippen LogP contribution is 2.22. The molecule has 0 spiro atoms. The van der Waals surface area contributed by atoms with Gasteiger partial charge in [0.1, 0.15) is 28.6 Å². The number of amides is 7. The van der Waals surface area contributed by atoms with Crippen molar-refractivity contribution in [1.82, 2.24) is 37.2 Å². The molecule has 3 aromatic carbocycles. The van der Waals surface area contributed by atoms with E-state index >= 15 is 0 Å². The topological polar surface area (TPSA) is 276 Å². The summed E-state index contributed by atoms with van der Waals surface area (Å²) in [6.45, 7) is 8.39. The van der Waals surface area contributed by atoms with E-state index in [0.717, 1.165) is 0 Å². The van der Waals surface area contributed by atoms with Crippen LogP contribution in [0.4, 0.5) is 0 Å². The highest BCUT2D eigenvalue weighted by Gasteiger charge is 2.35. The van der Waals surface area contributed by atoms with Crippen LogP contribution in [-0.4, -0.2) is 153 Å². The van der Waals surface area contributed by atoms with E-state index in [2.05, 4.69) is 37.2 Å². The first kappa shape index (κ1) is 64.2. The van der Waals surface area contributed by atoms with Crippen molar-refractivity contribution in [3.05, 3.63) is 89.5 Å². The third-order valence-corrected chi connectivity index (χ3v) is 11.8. The van der Waals surface area contributed by atoms with Crippen molar-refractivity contribution >= 4 is 47.1 Å². The van der Waals surface area contributed by atoms with Gasteiger partial charge in [0, 0.05) is 93.5 Å². The second-order valence-electron chi connectivity index (χ2n) is 19.5. The maximum atomic E-state index is 13.8. The van der Waals surface area contributed by atoms with Crippen molar-refractivity contribution in [2.75, 3.05) is 100 Å². The number of ketones is 1. The summed E-state index contributed by atoms with van der Waals surface area (Å²) in [7, 11) is 4.63. The minimum absolute atomic E-state index is 0.00355. The van der Waals surface area contributed by atoms with Crippen LogP contribution in [-0.2, 0) is 38.2 Å². The van der Waals surface area contributed by atoms with Gasteiger partial charge in [-0.1, -0.05) is 27.7 Å². The lowest BCUT2D eigenvalue weighted by Gasteiger charge is -2.34. The standard InChI is InChI=1S/C56H81N7O14/c1-40(35-47(64)55(2,3)4)36-51(68)63-56(37-75-32-23-48(65)57-26-8-29-60-52(69)41-11-17-44(72-5)18-12-41,38-76-33-24-49(66)58-27-9-30-61-53(70)42-13-19-45(73-6)20-14-42)39-77-34-25-50(67)59-28-10-31-62-54(71)43-15-21-46(74-7)22-16-43/h11-22,40H,8-10,23-39H2,1-7H3,(H,57,65)(H,58,66)(H,59,67)(H,60,69)(H,61,70)(H,62,71)(H,63,68). The Morgan fingerprint density at radius 1 is 0.429 bits per heavy atom. The molecule has 0 bridgehead atoms. The normalized spacial score (nSPS) is 11.6. The van der Waals surface area contributed by atoms with Crippen LogP contribution in [0.2, 0.25) is 0 Å². The van der Waals surface area contributed by atoms with Gasteiger partial charge in [-0.2, -0.15) is 0 Å². The predicted molar refractivity (Wildman–Crippen MR) is 289 cm³/mol. The number of benzene rings is 3. The van der Waals surface area contributed by atoms with Gasteiger partial charge in [-0.3, -0.25) is 38.4 Å². The summed E-state index contributed by atoms with van der Waals surface area (Å²) in [5, 5.41) is 19.9. The van der Waals surface area contributed by atoms with E-state index in [1.807, 2.05) is 27.7 Å². The molecule has 0 aromatic heterocycles. The Morgan fingerprint density at radius 3 is 1.01 bits per heavy atom. The van der Waals surface area contributed by atoms with E-state index in [1.165, 1.54) is 0 Å². The molecule has 0 aliphatic carbocycles. The van der Waals surface area contributed by atoms with Crippen LogP contribution in [0.15, 0.2) is 72.8 Å². The fourth-order valence-corrected chi connectivity index (χ4v) is 7.24. The van der Waals surface area contributed by atoms with Gasteiger partial charge in [0.15, 0.2) is 0 Å². The Labute approximate surface area is 452 Å². The maximum Gasteiger partial charge on any atom is 0.251 e. The summed E-state index contributed by atoms with van der Waals surface area (Å²) in [5.74, 6) is -0.500. The lowest BCUT2D eigenvalue weighted by atomic mass is 9.84. The minimum atomic E-state index is -1.37. The summed E-state index contributed by atoms with van der Waals surface area (Å²) in [6, 6.07) is 20.1. The van der Waals surface area contributed by atoms with E-state index < -0.39 is 16.9 Å².